The van der Waals surface area contributed by atoms with Crippen molar-refractivity contribution < 1.29 is 27.6 Å². The van der Waals surface area contributed by atoms with Gasteiger partial charge in [-0.3, -0.25) is 19.3 Å². The normalized spacial score (nSPS) is 14.5. The van der Waals surface area contributed by atoms with Gasteiger partial charge in [0.15, 0.2) is 0 Å². The van der Waals surface area contributed by atoms with E-state index in [4.69, 9.17) is 0 Å². The van der Waals surface area contributed by atoms with Crippen molar-refractivity contribution in [1.82, 2.24) is 4.90 Å². The van der Waals surface area contributed by atoms with Crippen molar-refractivity contribution >= 4 is 35.2 Å². The first-order valence-electron chi connectivity index (χ1n) is 10.2. The molecule has 5 nitrogen and oxygen atoms in total. The summed E-state index contributed by atoms with van der Waals surface area (Å²) in [5.41, 5.74) is -0.588. The van der Waals surface area contributed by atoms with E-state index in [9.17, 15) is 27.6 Å². The van der Waals surface area contributed by atoms with Crippen LogP contribution < -0.4 is 5.32 Å². The van der Waals surface area contributed by atoms with Crippen LogP contribution in [-0.2, 0) is 11.0 Å². The predicted octanol–water partition coefficient (Wildman–Crippen LogP) is 5.61. The molecule has 0 saturated carbocycles. The summed E-state index contributed by atoms with van der Waals surface area (Å²) >= 11 is 1.34. The van der Waals surface area contributed by atoms with Crippen molar-refractivity contribution in [2.75, 3.05) is 11.9 Å². The summed E-state index contributed by atoms with van der Waals surface area (Å²) in [6.45, 7) is 3.90. The van der Waals surface area contributed by atoms with E-state index in [0.717, 1.165) is 17.4 Å². The van der Waals surface area contributed by atoms with Crippen molar-refractivity contribution in [2.45, 2.75) is 49.4 Å². The van der Waals surface area contributed by atoms with Gasteiger partial charge in [0.25, 0.3) is 11.8 Å². The number of halogens is 3. The van der Waals surface area contributed by atoms with Crippen molar-refractivity contribution in [3.63, 3.8) is 0 Å². The van der Waals surface area contributed by atoms with E-state index >= 15 is 0 Å². The standard InChI is InChI=1S/C23H23F3N2O3S/c1-3-14(2)32-15-10-11-19(18(13-15)23(24,25)26)27-20(29)9-6-12-28-21(30)16-7-4-5-8-17(16)22(28)31/h4-5,7-8,10-11,13-14H,3,6,9,12H2,1-2H3,(H,27,29). The van der Waals surface area contributed by atoms with E-state index in [1.54, 1.807) is 30.3 Å². The third-order valence-corrected chi connectivity index (χ3v) is 6.41. The minimum atomic E-state index is -4.62. The van der Waals surface area contributed by atoms with Gasteiger partial charge in [0.2, 0.25) is 5.91 Å². The lowest BCUT2D eigenvalue weighted by Crippen LogP contribution is -2.31. The molecule has 0 bridgehead atoms. The van der Waals surface area contributed by atoms with E-state index in [0.29, 0.717) is 16.0 Å². The van der Waals surface area contributed by atoms with Gasteiger partial charge < -0.3 is 5.32 Å². The van der Waals surface area contributed by atoms with Crippen LogP contribution in [0.3, 0.4) is 0 Å². The Morgan fingerprint density at radius 3 is 2.28 bits per heavy atom. The monoisotopic (exact) mass is 464 g/mol. The Bertz CT molecular complexity index is 1000. The van der Waals surface area contributed by atoms with Gasteiger partial charge in [0, 0.05) is 23.1 Å². The number of hydrogen-bond acceptors (Lipinski definition) is 4. The average Bonchev–Trinajstić information content (AvgIpc) is 2.99. The molecule has 3 rings (SSSR count). The highest BCUT2D eigenvalue weighted by Crippen LogP contribution is 2.38. The maximum absolute atomic E-state index is 13.5. The second-order valence-electron chi connectivity index (χ2n) is 7.50. The van der Waals surface area contributed by atoms with Crippen LogP contribution in [0, 0.1) is 0 Å². The summed E-state index contributed by atoms with van der Waals surface area (Å²) in [5.74, 6) is -1.48. The Hall–Kier alpha value is -2.81. The summed E-state index contributed by atoms with van der Waals surface area (Å²) in [6.07, 6.45) is -3.79. The molecule has 2 aromatic carbocycles. The zero-order valence-electron chi connectivity index (χ0n) is 17.7. The number of hydrogen-bond donors (Lipinski definition) is 1. The molecule has 2 aromatic rings. The number of imide groups is 1. The molecule has 0 fully saturated rings. The highest BCUT2D eigenvalue weighted by atomic mass is 32.2. The van der Waals surface area contributed by atoms with Crippen molar-refractivity contribution in [1.29, 1.82) is 0 Å². The van der Waals surface area contributed by atoms with Crippen molar-refractivity contribution in [3.05, 3.63) is 59.2 Å². The number of carbonyl (C=O) groups excluding carboxylic acids is 3. The number of anilines is 1. The third-order valence-electron chi connectivity index (χ3n) is 5.15. The van der Waals surface area contributed by atoms with Gasteiger partial charge in [-0.25, -0.2) is 0 Å². The van der Waals surface area contributed by atoms with Crippen LogP contribution in [0.1, 0.15) is 59.4 Å². The van der Waals surface area contributed by atoms with Gasteiger partial charge in [0.05, 0.1) is 22.4 Å². The Labute approximate surface area is 188 Å². The molecular formula is C23H23F3N2O3S. The summed E-state index contributed by atoms with van der Waals surface area (Å²) in [4.78, 5) is 38.5. The number of nitrogens with one attached hydrogen (secondary N) is 1. The Morgan fingerprint density at radius 2 is 1.72 bits per heavy atom. The number of carbonyl (C=O) groups is 3. The van der Waals surface area contributed by atoms with Gasteiger partial charge in [-0.05, 0) is 43.2 Å². The first-order chi connectivity index (χ1) is 15.1. The second-order valence-corrected chi connectivity index (χ2v) is 9.01. The van der Waals surface area contributed by atoms with Crippen LogP contribution >= 0.6 is 11.8 Å². The smallest absolute Gasteiger partial charge is 0.326 e. The molecule has 1 N–H and O–H groups in total. The number of alkyl halides is 3. The number of fused-ring (bicyclic) bond motifs is 1. The lowest BCUT2D eigenvalue weighted by atomic mass is 10.1. The van der Waals surface area contributed by atoms with E-state index in [1.807, 2.05) is 13.8 Å². The maximum atomic E-state index is 13.5. The molecule has 1 aliphatic rings. The highest BCUT2D eigenvalue weighted by molar-refractivity contribution is 7.99. The molecule has 1 unspecified atom stereocenters. The molecule has 3 amide bonds. The Morgan fingerprint density at radius 1 is 1.09 bits per heavy atom. The molecule has 1 heterocycles. The fourth-order valence-corrected chi connectivity index (χ4v) is 4.27. The largest absolute Gasteiger partial charge is 0.418 e. The van der Waals surface area contributed by atoms with Gasteiger partial charge in [0.1, 0.15) is 0 Å². The molecule has 0 aliphatic carbocycles. The van der Waals surface area contributed by atoms with E-state index in [1.165, 1.54) is 17.8 Å². The summed E-state index contributed by atoms with van der Waals surface area (Å²) in [6, 6.07) is 10.3. The maximum Gasteiger partial charge on any atom is 0.418 e. The number of nitrogens with zero attached hydrogens (tertiary/aromatic N) is 1. The Kier molecular flexibility index (Phi) is 7.28. The summed E-state index contributed by atoms with van der Waals surface area (Å²) in [7, 11) is 0. The zero-order valence-corrected chi connectivity index (χ0v) is 18.5. The van der Waals surface area contributed by atoms with Crippen LogP contribution in [0.5, 0.6) is 0 Å². The van der Waals surface area contributed by atoms with E-state index in [2.05, 4.69) is 5.32 Å². The van der Waals surface area contributed by atoms with Gasteiger partial charge in [-0.1, -0.05) is 26.0 Å². The van der Waals surface area contributed by atoms with Crippen LogP contribution in [0.15, 0.2) is 47.4 Å². The fourth-order valence-electron chi connectivity index (χ4n) is 3.31. The molecule has 170 valence electrons. The summed E-state index contributed by atoms with van der Waals surface area (Å²) < 4.78 is 40.6. The third kappa shape index (κ3) is 5.32. The molecule has 0 saturated heterocycles. The average molecular weight is 465 g/mol. The molecule has 1 atom stereocenters. The lowest BCUT2D eigenvalue weighted by Gasteiger charge is -2.17. The number of rotatable bonds is 8. The fraction of sp³-hybridized carbons (Fsp3) is 0.348. The molecule has 1 aliphatic heterocycles. The summed E-state index contributed by atoms with van der Waals surface area (Å²) in [5, 5.41) is 2.49. The number of amides is 3. The van der Waals surface area contributed by atoms with E-state index < -0.39 is 29.5 Å². The van der Waals surface area contributed by atoms with Gasteiger partial charge >= 0.3 is 6.18 Å². The first-order valence-corrected chi connectivity index (χ1v) is 11.1. The van der Waals surface area contributed by atoms with Gasteiger partial charge in [-0.15, -0.1) is 11.8 Å². The SMILES string of the molecule is CCC(C)Sc1ccc(NC(=O)CCCN2C(=O)c3ccccc3C2=O)c(C(F)(F)F)c1. The van der Waals surface area contributed by atoms with Crippen molar-refractivity contribution in [2.24, 2.45) is 0 Å². The van der Waals surface area contributed by atoms with Crippen LogP contribution in [0.25, 0.3) is 0 Å². The van der Waals surface area contributed by atoms with Gasteiger partial charge in [-0.2, -0.15) is 13.2 Å². The molecule has 32 heavy (non-hydrogen) atoms. The van der Waals surface area contributed by atoms with Crippen LogP contribution in [0.4, 0.5) is 18.9 Å². The molecular weight excluding hydrogens is 441 g/mol. The highest BCUT2D eigenvalue weighted by Gasteiger charge is 2.35. The topological polar surface area (TPSA) is 66.5 Å². The molecule has 0 aromatic heterocycles. The molecule has 0 radical (unpaired) electrons. The quantitative estimate of drug-likeness (QED) is 0.407. The number of thioether (sulfide) groups is 1. The molecule has 0 spiro atoms. The minimum absolute atomic E-state index is 0.0103. The first kappa shape index (κ1) is 23.8. The molecule has 9 heteroatoms. The van der Waals surface area contributed by atoms with Crippen LogP contribution in [0.2, 0.25) is 0 Å². The number of benzene rings is 2. The predicted molar refractivity (Wildman–Crippen MR) is 117 cm³/mol. The Balaban J connectivity index is 1.61. The van der Waals surface area contributed by atoms with E-state index in [-0.39, 0.29) is 30.3 Å². The zero-order chi connectivity index (χ0) is 23.5. The lowest BCUT2D eigenvalue weighted by molar-refractivity contribution is -0.137. The van der Waals surface area contributed by atoms with Crippen molar-refractivity contribution in [3.8, 4) is 0 Å². The van der Waals surface area contributed by atoms with Crippen LogP contribution in [-0.4, -0.2) is 34.4 Å². The minimum Gasteiger partial charge on any atom is -0.326 e. The second kappa shape index (κ2) is 9.77.